The molecule has 118 valence electrons. The maximum atomic E-state index is 6.05. The van der Waals surface area contributed by atoms with E-state index in [2.05, 4.69) is 29.9 Å². The van der Waals surface area contributed by atoms with Gasteiger partial charge in [-0.15, -0.1) is 0 Å². The van der Waals surface area contributed by atoms with E-state index < -0.39 is 5.66 Å². The van der Waals surface area contributed by atoms with Crippen molar-refractivity contribution < 1.29 is 0 Å². The molecule has 0 saturated carbocycles. The minimum Gasteiger partial charge on any atom is -0.382 e. The van der Waals surface area contributed by atoms with Crippen molar-refractivity contribution in [3.05, 3.63) is 53.3 Å². The third-order valence-electron chi connectivity index (χ3n) is 4.13. The first-order chi connectivity index (χ1) is 10.9. The Bertz CT molecular complexity index is 790. The number of hydrogen-bond acceptors (Lipinski definition) is 4. The first-order valence-corrected chi connectivity index (χ1v) is 7.94. The summed E-state index contributed by atoms with van der Waals surface area (Å²) >= 11 is 6.05. The Balaban J connectivity index is 2.13. The van der Waals surface area contributed by atoms with Crippen LogP contribution < -0.4 is 5.73 Å². The molecule has 2 aromatic rings. The lowest BCUT2D eigenvalue weighted by atomic mass is 9.88. The fourth-order valence-electron chi connectivity index (χ4n) is 2.82. The lowest BCUT2D eigenvalue weighted by molar-refractivity contribution is 0.343. The standard InChI is InChI=1S/C18H19ClN4/c1-11(2)18(22-12(3)17(20)23-18)15-6-4-5-13(7-15)14-8-16(19)10-21-9-14/h4-11H,1-3H3,(H2,20,23). The molecule has 1 aromatic heterocycles. The molecule has 2 N–H and O–H groups in total. The fourth-order valence-corrected chi connectivity index (χ4v) is 2.99. The first kappa shape index (κ1) is 15.7. The van der Waals surface area contributed by atoms with Crippen LogP contribution in [-0.4, -0.2) is 16.5 Å². The third-order valence-corrected chi connectivity index (χ3v) is 4.34. The molecule has 0 saturated heterocycles. The second kappa shape index (κ2) is 5.78. The van der Waals surface area contributed by atoms with Crippen LogP contribution in [0.15, 0.2) is 52.7 Å². The van der Waals surface area contributed by atoms with Crippen LogP contribution in [0, 0.1) is 5.92 Å². The predicted molar refractivity (Wildman–Crippen MR) is 95.9 cm³/mol. The number of aliphatic imine (C=N–C) groups is 2. The van der Waals surface area contributed by atoms with Crippen LogP contribution in [0.1, 0.15) is 26.3 Å². The van der Waals surface area contributed by atoms with Crippen molar-refractivity contribution in [3.63, 3.8) is 0 Å². The van der Waals surface area contributed by atoms with Crippen LogP contribution in [0.5, 0.6) is 0 Å². The summed E-state index contributed by atoms with van der Waals surface area (Å²) in [6.07, 6.45) is 3.42. The molecular weight excluding hydrogens is 308 g/mol. The highest BCUT2D eigenvalue weighted by Gasteiger charge is 2.39. The number of halogens is 1. The summed E-state index contributed by atoms with van der Waals surface area (Å²) in [5.41, 5.74) is 9.14. The van der Waals surface area contributed by atoms with Gasteiger partial charge in [0.1, 0.15) is 5.84 Å². The van der Waals surface area contributed by atoms with Crippen molar-refractivity contribution in [1.82, 2.24) is 4.98 Å². The van der Waals surface area contributed by atoms with E-state index in [1.165, 1.54) is 0 Å². The lowest BCUT2D eigenvalue weighted by Crippen LogP contribution is -2.27. The van der Waals surface area contributed by atoms with E-state index in [9.17, 15) is 0 Å². The number of rotatable bonds is 3. The molecule has 1 aromatic carbocycles. The van der Waals surface area contributed by atoms with Gasteiger partial charge in [-0.3, -0.25) is 9.98 Å². The van der Waals surface area contributed by atoms with Gasteiger partial charge in [-0.05, 0) is 24.6 Å². The van der Waals surface area contributed by atoms with Crippen LogP contribution in [0.25, 0.3) is 11.1 Å². The van der Waals surface area contributed by atoms with E-state index in [1.807, 2.05) is 31.2 Å². The van der Waals surface area contributed by atoms with Crippen molar-refractivity contribution in [1.29, 1.82) is 0 Å². The molecule has 1 atom stereocenters. The molecule has 0 aliphatic carbocycles. The summed E-state index contributed by atoms with van der Waals surface area (Å²) in [7, 11) is 0. The van der Waals surface area contributed by atoms with Crippen molar-refractivity contribution in [2.75, 3.05) is 0 Å². The van der Waals surface area contributed by atoms with E-state index in [1.54, 1.807) is 12.4 Å². The number of nitrogens with zero attached hydrogens (tertiary/aromatic N) is 3. The molecule has 0 amide bonds. The lowest BCUT2D eigenvalue weighted by Gasteiger charge is -2.28. The van der Waals surface area contributed by atoms with Gasteiger partial charge in [-0.1, -0.05) is 43.6 Å². The van der Waals surface area contributed by atoms with Gasteiger partial charge in [0.05, 0.1) is 10.7 Å². The van der Waals surface area contributed by atoms with Gasteiger partial charge in [0.15, 0.2) is 5.66 Å². The Labute approximate surface area is 141 Å². The Kier molecular flexibility index (Phi) is 3.94. The topological polar surface area (TPSA) is 63.6 Å². The first-order valence-electron chi connectivity index (χ1n) is 7.56. The predicted octanol–water partition coefficient (Wildman–Crippen LogP) is 4.04. The average Bonchev–Trinajstić information content (AvgIpc) is 2.84. The number of hydrogen-bond donors (Lipinski definition) is 1. The normalized spacial score (nSPS) is 20.6. The molecule has 4 nitrogen and oxygen atoms in total. The Morgan fingerprint density at radius 3 is 2.48 bits per heavy atom. The van der Waals surface area contributed by atoms with Gasteiger partial charge in [-0.25, -0.2) is 4.99 Å². The fraction of sp³-hybridized carbons (Fsp3) is 0.278. The van der Waals surface area contributed by atoms with Crippen molar-refractivity contribution in [2.24, 2.45) is 21.6 Å². The summed E-state index contributed by atoms with van der Waals surface area (Å²) in [4.78, 5) is 13.6. The van der Waals surface area contributed by atoms with E-state index >= 15 is 0 Å². The number of benzene rings is 1. The Hall–Kier alpha value is -2.20. The zero-order valence-corrected chi connectivity index (χ0v) is 14.2. The number of nitrogens with two attached hydrogens (primary N) is 1. The highest BCUT2D eigenvalue weighted by molar-refractivity contribution is 6.41. The summed E-state index contributed by atoms with van der Waals surface area (Å²) < 4.78 is 0. The van der Waals surface area contributed by atoms with Gasteiger partial charge in [0, 0.05) is 29.4 Å². The van der Waals surface area contributed by atoms with E-state index in [0.29, 0.717) is 10.9 Å². The molecule has 1 unspecified atom stereocenters. The van der Waals surface area contributed by atoms with Crippen molar-refractivity contribution in [3.8, 4) is 11.1 Å². The molecule has 1 aliphatic rings. The molecule has 0 spiro atoms. The van der Waals surface area contributed by atoms with Crippen LogP contribution in [-0.2, 0) is 5.66 Å². The van der Waals surface area contributed by atoms with E-state index in [-0.39, 0.29) is 5.92 Å². The highest BCUT2D eigenvalue weighted by atomic mass is 35.5. The molecule has 0 radical (unpaired) electrons. The van der Waals surface area contributed by atoms with Crippen LogP contribution in [0.3, 0.4) is 0 Å². The molecule has 0 bridgehead atoms. The van der Waals surface area contributed by atoms with Crippen molar-refractivity contribution >= 4 is 23.1 Å². The SMILES string of the molecule is CC1=NC(c2cccc(-c3cncc(Cl)c3)c2)(C(C)C)N=C1N. The smallest absolute Gasteiger partial charge is 0.180 e. The van der Waals surface area contributed by atoms with Gasteiger partial charge in [0.2, 0.25) is 0 Å². The van der Waals surface area contributed by atoms with Gasteiger partial charge in [-0.2, -0.15) is 0 Å². The zero-order chi connectivity index (χ0) is 16.6. The monoisotopic (exact) mass is 326 g/mol. The number of pyridine rings is 1. The Morgan fingerprint density at radius 1 is 1.09 bits per heavy atom. The highest BCUT2D eigenvalue weighted by Crippen LogP contribution is 2.39. The minimum absolute atomic E-state index is 0.186. The number of amidine groups is 1. The summed E-state index contributed by atoms with van der Waals surface area (Å²) in [6, 6.07) is 10.1. The van der Waals surface area contributed by atoms with Crippen molar-refractivity contribution in [2.45, 2.75) is 26.4 Å². The Morgan fingerprint density at radius 2 is 1.87 bits per heavy atom. The third kappa shape index (κ3) is 2.75. The van der Waals surface area contributed by atoms with Gasteiger partial charge in [0.25, 0.3) is 0 Å². The summed E-state index contributed by atoms with van der Waals surface area (Å²) in [5, 5.41) is 0.614. The molecule has 3 rings (SSSR count). The molecular formula is C18H19ClN4. The molecule has 2 heterocycles. The van der Waals surface area contributed by atoms with E-state index in [0.717, 1.165) is 22.4 Å². The second-order valence-electron chi connectivity index (χ2n) is 6.05. The van der Waals surface area contributed by atoms with Crippen LogP contribution in [0.2, 0.25) is 5.02 Å². The second-order valence-corrected chi connectivity index (χ2v) is 6.48. The number of aromatic nitrogens is 1. The quantitative estimate of drug-likeness (QED) is 0.925. The van der Waals surface area contributed by atoms with Gasteiger partial charge >= 0.3 is 0 Å². The minimum atomic E-state index is -0.657. The van der Waals surface area contributed by atoms with Crippen LogP contribution >= 0.6 is 11.6 Å². The molecule has 23 heavy (non-hydrogen) atoms. The molecule has 5 heteroatoms. The maximum Gasteiger partial charge on any atom is 0.180 e. The average molecular weight is 327 g/mol. The largest absolute Gasteiger partial charge is 0.382 e. The van der Waals surface area contributed by atoms with E-state index in [4.69, 9.17) is 22.3 Å². The molecule has 0 fully saturated rings. The summed E-state index contributed by atoms with van der Waals surface area (Å²) in [6.45, 7) is 6.10. The molecule has 1 aliphatic heterocycles. The zero-order valence-electron chi connectivity index (χ0n) is 13.4. The van der Waals surface area contributed by atoms with Gasteiger partial charge < -0.3 is 5.73 Å². The van der Waals surface area contributed by atoms with Crippen LogP contribution in [0.4, 0.5) is 0 Å². The summed E-state index contributed by atoms with van der Waals surface area (Å²) in [5.74, 6) is 0.694. The maximum absolute atomic E-state index is 6.05.